The maximum absolute atomic E-state index is 12.7. The van der Waals surface area contributed by atoms with Crippen LogP contribution in [0.5, 0.6) is 5.75 Å². The van der Waals surface area contributed by atoms with E-state index in [9.17, 15) is 4.79 Å². The zero-order valence-electron chi connectivity index (χ0n) is 17.3. The van der Waals surface area contributed by atoms with Gasteiger partial charge in [0, 0.05) is 19.2 Å². The normalized spacial score (nSPS) is 16.0. The quantitative estimate of drug-likeness (QED) is 0.533. The third-order valence-electron chi connectivity index (χ3n) is 4.95. The molecule has 2 rings (SSSR count). The third kappa shape index (κ3) is 7.41. The van der Waals surface area contributed by atoms with Gasteiger partial charge in [0.05, 0.1) is 12.3 Å². The number of amides is 1. The van der Waals surface area contributed by atoms with Gasteiger partial charge in [-0.1, -0.05) is 32.3 Å². The molecule has 27 heavy (non-hydrogen) atoms. The number of hydrogen-bond acceptors (Lipinski definition) is 4. The van der Waals surface area contributed by atoms with Crippen LogP contribution >= 0.6 is 0 Å². The van der Waals surface area contributed by atoms with Crippen molar-refractivity contribution in [1.82, 2.24) is 4.90 Å². The number of likely N-dealkylation sites (tertiary alicyclic amines) is 1. The molecule has 1 amide bonds. The van der Waals surface area contributed by atoms with Gasteiger partial charge < -0.3 is 9.47 Å². The lowest BCUT2D eigenvalue weighted by atomic mass is 10.1. The van der Waals surface area contributed by atoms with Crippen LogP contribution in [0.2, 0.25) is 0 Å². The Morgan fingerprint density at radius 2 is 1.96 bits per heavy atom. The summed E-state index contributed by atoms with van der Waals surface area (Å²) in [4.78, 5) is 16.7. The van der Waals surface area contributed by atoms with E-state index in [1.807, 2.05) is 38.1 Å². The van der Waals surface area contributed by atoms with E-state index in [-0.39, 0.29) is 12.2 Å². The summed E-state index contributed by atoms with van der Waals surface area (Å²) in [5, 5.41) is 0. The first-order valence-electron chi connectivity index (χ1n) is 10.6. The van der Waals surface area contributed by atoms with Crippen LogP contribution in [0.15, 0.2) is 24.3 Å². The van der Waals surface area contributed by atoms with Crippen LogP contribution in [0, 0.1) is 0 Å². The molecule has 152 valence electrons. The molecule has 0 bridgehead atoms. The molecular formula is C22H36N2O3. The van der Waals surface area contributed by atoms with Gasteiger partial charge in [-0.15, -0.1) is 0 Å². The molecule has 1 heterocycles. The second kappa shape index (κ2) is 11.9. The van der Waals surface area contributed by atoms with E-state index < -0.39 is 0 Å². The summed E-state index contributed by atoms with van der Waals surface area (Å²) in [6, 6.07) is 7.72. The number of benzene rings is 1. The highest BCUT2D eigenvalue weighted by molar-refractivity contribution is 5.87. The molecule has 0 saturated carbocycles. The van der Waals surface area contributed by atoms with Crippen molar-refractivity contribution in [3.63, 3.8) is 0 Å². The SMILES string of the molecule is CCCCCOc1cccc(N(CC)C(=O)OC(C)CN2CCCCC2)c1. The molecule has 0 radical (unpaired) electrons. The highest BCUT2D eigenvalue weighted by atomic mass is 16.6. The number of nitrogens with zero attached hydrogens (tertiary/aromatic N) is 2. The molecule has 1 aliphatic rings. The Labute approximate surface area is 164 Å². The lowest BCUT2D eigenvalue weighted by molar-refractivity contribution is 0.0788. The zero-order valence-corrected chi connectivity index (χ0v) is 17.3. The number of carbonyl (C=O) groups excluding carboxylic acids is 1. The number of carbonyl (C=O) groups is 1. The van der Waals surface area contributed by atoms with Crippen molar-refractivity contribution < 1.29 is 14.3 Å². The van der Waals surface area contributed by atoms with Gasteiger partial charge in [0.15, 0.2) is 0 Å². The molecule has 1 fully saturated rings. The van der Waals surface area contributed by atoms with Gasteiger partial charge in [-0.2, -0.15) is 0 Å². The molecule has 0 aliphatic carbocycles. The van der Waals surface area contributed by atoms with E-state index in [0.29, 0.717) is 13.2 Å². The fourth-order valence-electron chi connectivity index (χ4n) is 3.48. The summed E-state index contributed by atoms with van der Waals surface area (Å²) in [5.41, 5.74) is 0.820. The molecule has 1 atom stereocenters. The highest BCUT2D eigenvalue weighted by Crippen LogP contribution is 2.22. The second-order valence-electron chi connectivity index (χ2n) is 7.35. The van der Waals surface area contributed by atoms with Gasteiger partial charge in [-0.05, 0) is 58.3 Å². The average Bonchev–Trinajstić information content (AvgIpc) is 2.67. The summed E-state index contributed by atoms with van der Waals surface area (Å²) in [7, 11) is 0. The maximum Gasteiger partial charge on any atom is 0.414 e. The van der Waals surface area contributed by atoms with E-state index in [1.165, 1.54) is 32.1 Å². The molecule has 1 aliphatic heterocycles. The first-order chi connectivity index (χ1) is 13.1. The predicted molar refractivity (Wildman–Crippen MR) is 111 cm³/mol. The molecule has 5 nitrogen and oxygen atoms in total. The maximum atomic E-state index is 12.7. The number of anilines is 1. The minimum atomic E-state index is -0.287. The van der Waals surface area contributed by atoms with Crippen LogP contribution in [0.25, 0.3) is 0 Å². The largest absolute Gasteiger partial charge is 0.494 e. The van der Waals surface area contributed by atoms with Gasteiger partial charge >= 0.3 is 6.09 Å². The van der Waals surface area contributed by atoms with Crippen molar-refractivity contribution >= 4 is 11.8 Å². The van der Waals surface area contributed by atoms with Crippen LogP contribution in [0.4, 0.5) is 10.5 Å². The molecule has 1 saturated heterocycles. The van der Waals surface area contributed by atoms with E-state index in [0.717, 1.165) is 37.5 Å². The Morgan fingerprint density at radius 1 is 1.19 bits per heavy atom. The Balaban J connectivity index is 1.89. The lowest BCUT2D eigenvalue weighted by Crippen LogP contribution is -2.40. The zero-order chi connectivity index (χ0) is 19.5. The minimum Gasteiger partial charge on any atom is -0.494 e. The number of rotatable bonds is 10. The van der Waals surface area contributed by atoms with Crippen LogP contribution in [0.3, 0.4) is 0 Å². The van der Waals surface area contributed by atoms with Crippen LogP contribution < -0.4 is 9.64 Å². The second-order valence-corrected chi connectivity index (χ2v) is 7.35. The summed E-state index contributed by atoms with van der Waals surface area (Å²) < 4.78 is 11.5. The fourth-order valence-corrected chi connectivity index (χ4v) is 3.48. The summed E-state index contributed by atoms with van der Waals surface area (Å²) in [6.07, 6.45) is 6.79. The Morgan fingerprint density at radius 3 is 2.67 bits per heavy atom. The third-order valence-corrected chi connectivity index (χ3v) is 4.95. The smallest absolute Gasteiger partial charge is 0.414 e. The standard InChI is InChI=1S/C22H36N2O3/c1-4-6-10-16-26-21-13-11-12-20(17-21)24(5-2)22(25)27-19(3)18-23-14-8-7-9-15-23/h11-13,17,19H,4-10,14-16,18H2,1-3H3. The van der Waals surface area contributed by atoms with Crippen molar-refractivity contribution in [2.24, 2.45) is 0 Å². The first-order valence-corrected chi connectivity index (χ1v) is 10.6. The van der Waals surface area contributed by atoms with Gasteiger partial charge in [-0.3, -0.25) is 9.80 Å². The molecule has 5 heteroatoms. The fraction of sp³-hybridized carbons (Fsp3) is 0.682. The van der Waals surface area contributed by atoms with Gasteiger partial charge in [0.25, 0.3) is 0 Å². The number of piperidine rings is 1. The molecule has 0 spiro atoms. The predicted octanol–water partition coefficient (Wildman–Crippen LogP) is 5.09. The Hall–Kier alpha value is -1.75. The van der Waals surface area contributed by atoms with Crippen molar-refractivity contribution in [2.75, 3.05) is 37.7 Å². The summed E-state index contributed by atoms with van der Waals surface area (Å²) in [6.45, 7) is 10.4. The summed E-state index contributed by atoms with van der Waals surface area (Å²) in [5.74, 6) is 0.802. The highest BCUT2D eigenvalue weighted by Gasteiger charge is 2.21. The van der Waals surface area contributed by atoms with Crippen molar-refractivity contribution in [3.05, 3.63) is 24.3 Å². The van der Waals surface area contributed by atoms with Gasteiger partial charge in [0.2, 0.25) is 0 Å². The average molecular weight is 377 g/mol. The topological polar surface area (TPSA) is 42.0 Å². The van der Waals surface area contributed by atoms with E-state index in [2.05, 4.69) is 11.8 Å². The Bertz CT molecular complexity index is 558. The number of hydrogen-bond donors (Lipinski definition) is 0. The Kier molecular flexibility index (Phi) is 9.46. The molecular weight excluding hydrogens is 340 g/mol. The number of ether oxygens (including phenoxy) is 2. The van der Waals surface area contributed by atoms with Gasteiger partial charge in [-0.25, -0.2) is 4.79 Å². The summed E-state index contributed by atoms with van der Waals surface area (Å²) >= 11 is 0. The van der Waals surface area contributed by atoms with Crippen molar-refractivity contribution in [1.29, 1.82) is 0 Å². The minimum absolute atomic E-state index is 0.113. The number of unbranched alkanes of at least 4 members (excludes halogenated alkanes) is 2. The van der Waals surface area contributed by atoms with E-state index >= 15 is 0 Å². The van der Waals surface area contributed by atoms with E-state index in [1.54, 1.807) is 4.90 Å². The first kappa shape index (κ1) is 21.5. The van der Waals surface area contributed by atoms with Crippen LogP contribution in [-0.2, 0) is 4.74 Å². The molecule has 1 aromatic rings. The van der Waals surface area contributed by atoms with Gasteiger partial charge in [0.1, 0.15) is 11.9 Å². The molecule has 0 aromatic heterocycles. The van der Waals surface area contributed by atoms with Crippen molar-refractivity contribution in [3.8, 4) is 5.75 Å². The van der Waals surface area contributed by atoms with Crippen molar-refractivity contribution in [2.45, 2.75) is 65.4 Å². The molecule has 0 N–H and O–H groups in total. The molecule has 1 aromatic carbocycles. The lowest BCUT2D eigenvalue weighted by Gasteiger charge is -2.30. The molecule has 1 unspecified atom stereocenters. The van der Waals surface area contributed by atoms with Crippen LogP contribution in [0.1, 0.15) is 59.3 Å². The van der Waals surface area contributed by atoms with E-state index in [4.69, 9.17) is 9.47 Å². The monoisotopic (exact) mass is 376 g/mol. The van der Waals surface area contributed by atoms with Crippen LogP contribution in [-0.4, -0.2) is 49.9 Å².